The van der Waals surface area contributed by atoms with Gasteiger partial charge in [0.15, 0.2) is 0 Å². The number of rotatable bonds is 6. The fourth-order valence-electron chi connectivity index (χ4n) is 1.72. The molecule has 1 aromatic heterocycles. The summed E-state index contributed by atoms with van der Waals surface area (Å²) in [4.78, 5) is 22.3. The molecule has 18 heavy (non-hydrogen) atoms. The topological polar surface area (TPSA) is 84.2 Å². The molecule has 0 fully saturated rings. The molecule has 0 aliphatic rings. The normalized spacial score (nSPS) is 11.3. The Bertz CT molecular complexity index is 438. The van der Waals surface area contributed by atoms with Crippen LogP contribution in [0.1, 0.15) is 32.4 Å². The summed E-state index contributed by atoms with van der Waals surface area (Å²) in [5.74, 6) is -1.05. The zero-order valence-corrected chi connectivity index (χ0v) is 10.9. The zero-order valence-electron chi connectivity index (χ0n) is 10.9. The van der Waals surface area contributed by atoms with Crippen LogP contribution in [0.15, 0.2) is 12.3 Å². The van der Waals surface area contributed by atoms with E-state index in [0.29, 0.717) is 6.54 Å². The number of nitrogens with one attached hydrogen (secondary N) is 1. The molecule has 0 atom stereocenters. The summed E-state index contributed by atoms with van der Waals surface area (Å²) in [7, 11) is 1.81. The zero-order chi connectivity index (χ0) is 13.8. The van der Waals surface area contributed by atoms with Crippen molar-refractivity contribution >= 4 is 11.9 Å². The lowest BCUT2D eigenvalue weighted by molar-refractivity contribution is -0.139. The van der Waals surface area contributed by atoms with Gasteiger partial charge in [-0.25, -0.2) is 0 Å². The first-order valence-electron chi connectivity index (χ1n) is 5.75. The molecule has 6 nitrogen and oxygen atoms in total. The maximum absolute atomic E-state index is 11.7. The average Bonchev–Trinajstić information content (AvgIpc) is 2.58. The first-order valence-corrected chi connectivity index (χ1v) is 5.75. The van der Waals surface area contributed by atoms with Crippen molar-refractivity contribution in [1.29, 1.82) is 0 Å². The number of amides is 1. The minimum absolute atomic E-state index is 0.0238. The average molecular weight is 253 g/mol. The second-order valence-corrected chi connectivity index (χ2v) is 5.17. The Labute approximate surface area is 106 Å². The van der Waals surface area contributed by atoms with Crippen molar-refractivity contribution in [2.24, 2.45) is 12.5 Å². The van der Waals surface area contributed by atoms with Crippen LogP contribution in [0, 0.1) is 5.41 Å². The molecule has 1 heterocycles. The summed E-state index contributed by atoms with van der Waals surface area (Å²) >= 11 is 0. The van der Waals surface area contributed by atoms with E-state index >= 15 is 0 Å². The number of carboxylic acids is 1. The van der Waals surface area contributed by atoms with E-state index in [2.05, 4.69) is 10.4 Å². The molecule has 0 bridgehead atoms. The van der Waals surface area contributed by atoms with E-state index in [1.54, 1.807) is 31.8 Å². The number of carbonyl (C=O) groups is 2. The molecule has 1 amide bonds. The molecule has 0 unspecified atom stereocenters. The molecular formula is C12H19N3O3. The maximum atomic E-state index is 11.7. The van der Waals surface area contributed by atoms with Gasteiger partial charge in [-0.3, -0.25) is 14.3 Å². The summed E-state index contributed by atoms with van der Waals surface area (Å²) in [6.07, 6.45) is 1.96. The van der Waals surface area contributed by atoms with Gasteiger partial charge in [0.25, 0.3) is 0 Å². The van der Waals surface area contributed by atoms with E-state index in [-0.39, 0.29) is 18.7 Å². The first-order chi connectivity index (χ1) is 8.28. The summed E-state index contributed by atoms with van der Waals surface area (Å²) in [6, 6.07) is 1.82. The molecule has 0 aliphatic carbocycles. The van der Waals surface area contributed by atoms with Crippen molar-refractivity contribution in [3.05, 3.63) is 18.0 Å². The van der Waals surface area contributed by atoms with Gasteiger partial charge in [-0.2, -0.15) is 5.10 Å². The molecule has 0 aromatic carbocycles. The predicted octanol–water partition coefficient (Wildman–Crippen LogP) is 0.927. The number of carbonyl (C=O) groups excluding carboxylic acids is 1. The number of hydrogen-bond donors (Lipinski definition) is 2. The van der Waals surface area contributed by atoms with Gasteiger partial charge in [0.1, 0.15) is 0 Å². The third-order valence-electron chi connectivity index (χ3n) is 2.50. The SMILES string of the molecule is Cn1ccc(CNC(=O)CC(C)(C)CC(=O)O)n1. The highest BCUT2D eigenvalue weighted by atomic mass is 16.4. The fraction of sp³-hybridized carbons (Fsp3) is 0.583. The lowest BCUT2D eigenvalue weighted by Crippen LogP contribution is -2.29. The maximum Gasteiger partial charge on any atom is 0.303 e. The number of carboxylic acid groups (broad SMARTS) is 1. The standard InChI is InChI=1S/C12H19N3O3/c1-12(2,7-11(17)18)6-10(16)13-8-9-4-5-15(3)14-9/h4-5H,6-8H2,1-3H3,(H,13,16)(H,17,18). The number of aryl methyl sites for hydroxylation is 1. The molecule has 0 radical (unpaired) electrons. The highest BCUT2D eigenvalue weighted by molar-refractivity contribution is 5.77. The first kappa shape index (κ1) is 14.2. The van der Waals surface area contributed by atoms with Gasteiger partial charge < -0.3 is 10.4 Å². The van der Waals surface area contributed by atoms with Crippen LogP contribution in [-0.4, -0.2) is 26.8 Å². The van der Waals surface area contributed by atoms with Crippen molar-refractivity contribution in [2.75, 3.05) is 0 Å². The summed E-state index contributed by atoms with van der Waals surface area (Å²) < 4.78 is 1.66. The van der Waals surface area contributed by atoms with Gasteiger partial charge in [0, 0.05) is 19.7 Å². The summed E-state index contributed by atoms with van der Waals surface area (Å²) in [5, 5.41) is 15.6. The van der Waals surface area contributed by atoms with Crippen LogP contribution in [0.25, 0.3) is 0 Å². The molecule has 6 heteroatoms. The predicted molar refractivity (Wildman–Crippen MR) is 65.7 cm³/mol. The highest BCUT2D eigenvalue weighted by Crippen LogP contribution is 2.24. The van der Waals surface area contributed by atoms with Crippen LogP contribution in [-0.2, 0) is 23.2 Å². The van der Waals surface area contributed by atoms with Gasteiger partial charge in [0.05, 0.1) is 18.7 Å². The molecule has 0 saturated heterocycles. The molecule has 1 aromatic rings. The van der Waals surface area contributed by atoms with E-state index in [1.807, 2.05) is 6.07 Å². The van der Waals surface area contributed by atoms with Crippen LogP contribution in [0.3, 0.4) is 0 Å². The van der Waals surface area contributed by atoms with Crippen LogP contribution < -0.4 is 5.32 Å². The lowest BCUT2D eigenvalue weighted by Gasteiger charge is -2.21. The third-order valence-corrected chi connectivity index (χ3v) is 2.50. The summed E-state index contributed by atoms with van der Waals surface area (Å²) in [5.41, 5.74) is 0.238. The van der Waals surface area contributed by atoms with E-state index < -0.39 is 11.4 Å². The fourth-order valence-corrected chi connectivity index (χ4v) is 1.72. The van der Waals surface area contributed by atoms with Crippen LogP contribution >= 0.6 is 0 Å². The van der Waals surface area contributed by atoms with Gasteiger partial charge in [-0.15, -0.1) is 0 Å². The van der Waals surface area contributed by atoms with E-state index in [9.17, 15) is 9.59 Å². The molecule has 100 valence electrons. The Kier molecular flexibility index (Phi) is 4.47. The van der Waals surface area contributed by atoms with Gasteiger partial charge in [-0.05, 0) is 11.5 Å². The minimum atomic E-state index is -0.891. The second kappa shape index (κ2) is 5.66. The van der Waals surface area contributed by atoms with E-state index in [0.717, 1.165) is 5.69 Å². The monoisotopic (exact) mass is 253 g/mol. The largest absolute Gasteiger partial charge is 0.481 e. The number of aromatic nitrogens is 2. The van der Waals surface area contributed by atoms with Crippen molar-refractivity contribution < 1.29 is 14.7 Å². The number of hydrogen-bond acceptors (Lipinski definition) is 3. The smallest absolute Gasteiger partial charge is 0.303 e. The summed E-state index contributed by atoms with van der Waals surface area (Å²) in [6.45, 7) is 3.89. The van der Waals surface area contributed by atoms with Crippen molar-refractivity contribution in [2.45, 2.75) is 33.2 Å². The lowest BCUT2D eigenvalue weighted by atomic mass is 9.85. The van der Waals surface area contributed by atoms with Crippen LogP contribution in [0.4, 0.5) is 0 Å². The van der Waals surface area contributed by atoms with Crippen LogP contribution in [0.5, 0.6) is 0 Å². The Balaban J connectivity index is 2.39. The molecule has 2 N–H and O–H groups in total. The minimum Gasteiger partial charge on any atom is -0.481 e. The highest BCUT2D eigenvalue weighted by Gasteiger charge is 2.25. The van der Waals surface area contributed by atoms with Crippen molar-refractivity contribution in [3.63, 3.8) is 0 Å². The molecule has 0 aliphatic heterocycles. The molecule has 0 saturated carbocycles. The number of aliphatic carboxylic acids is 1. The van der Waals surface area contributed by atoms with Crippen LogP contribution in [0.2, 0.25) is 0 Å². The van der Waals surface area contributed by atoms with Gasteiger partial charge in [0.2, 0.25) is 5.91 Å². The van der Waals surface area contributed by atoms with Crippen molar-refractivity contribution in [3.8, 4) is 0 Å². The van der Waals surface area contributed by atoms with Gasteiger partial charge >= 0.3 is 5.97 Å². The molecule has 0 spiro atoms. The Morgan fingerprint density at radius 2 is 2.11 bits per heavy atom. The number of nitrogens with zero attached hydrogens (tertiary/aromatic N) is 2. The Hall–Kier alpha value is -1.85. The second-order valence-electron chi connectivity index (χ2n) is 5.17. The Morgan fingerprint density at radius 1 is 1.44 bits per heavy atom. The van der Waals surface area contributed by atoms with Gasteiger partial charge in [-0.1, -0.05) is 13.8 Å². The molecular weight excluding hydrogens is 234 g/mol. The van der Waals surface area contributed by atoms with E-state index in [4.69, 9.17) is 5.11 Å². The van der Waals surface area contributed by atoms with E-state index in [1.165, 1.54) is 0 Å². The quantitative estimate of drug-likeness (QED) is 0.789. The van der Waals surface area contributed by atoms with Crippen molar-refractivity contribution in [1.82, 2.24) is 15.1 Å². The Morgan fingerprint density at radius 3 is 2.61 bits per heavy atom. The third kappa shape index (κ3) is 4.99. The molecule has 1 rings (SSSR count).